The molecule has 0 radical (unpaired) electrons. The lowest BCUT2D eigenvalue weighted by atomic mass is 9.48. The van der Waals surface area contributed by atoms with Crippen LogP contribution in [0.25, 0.3) is 0 Å². The Kier molecular flexibility index (Phi) is 2.61. The second-order valence-corrected chi connectivity index (χ2v) is 6.45. The molecular formula is C13H19NO4. The van der Waals surface area contributed by atoms with Crippen LogP contribution in [0.4, 0.5) is 0 Å². The van der Waals surface area contributed by atoms with Gasteiger partial charge in [-0.25, -0.2) is 0 Å². The van der Waals surface area contributed by atoms with Crippen LogP contribution in [0, 0.1) is 33.8 Å². The van der Waals surface area contributed by atoms with Crippen molar-refractivity contribution in [1.29, 1.82) is 0 Å². The largest absolute Gasteiger partial charge is 0.481 e. The molecule has 1 N–H and O–H groups in total. The van der Waals surface area contributed by atoms with Gasteiger partial charge in [0.25, 0.3) is 0 Å². The van der Waals surface area contributed by atoms with Crippen molar-refractivity contribution in [3.05, 3.63) is 10.1 Å². The van der Waals surface area contributed by atoms with Crippen LogP contribution in [0.1, 0.15) is 44.9 Å². The molecule has 4 bridgehead atoms. The van der Waals surface area contributed by atoms with Crippen molar-refractivity contribution in [3.8, 4) is 0 Å². The number of hydrogen-bond acceptors (Lipinski definition) is 3. The number of nitro groups is 1. The highest BCUT2D eigenvalue weighted by Gasteiger charge is 2.64. The van der Waals surface area contributed by atoms with Crippen LogP contribution < -0.4 is 0 Å². The number of carboxylic acids is 1. The summed E-state index contributed by atoms with van der Waals surface area (Å²) in [6.45, 7) is 0. The molecule has 0 atom stereocenters. The number of nitrogens with zero attached hydrogens (tertiary/aromatic N) is 1. The van der Waals surface area contributed by atoms with Gasteiger partial charge < -0.3 is 5.11 Å². The zero-order chi connectivity index (χ0) is 12.9. The SMILES string of the molecule is O=C(O)CCC1([N+](=O)[O-])C2CC3CC(C2)CC1C3. The van der Waals surface area contributed by atoms with Crippen LogP contribution in [-0.2, 0) is 4.79 Å². The number of hydrogen-bond donors (Lipinski definition) is 1. The first-order valence-corrected chi connectivity index (χ1v) is 6.88. The minimum Gasteiger partial charge on any atom is -0.481 e. The van der Waals surface area contributed by atoms with E-state index in [0.717, 1.165) is 25.7 Å². The lowest BCUT2D eigenvalue weighted by molar-refractivity contribution is -0.605. The molecule has 4 rings (SSSR count). The van der Waals surface area contributed by atoms with Crippen LogP contribution in [-0.4, -0.2) is 21.5 Å². The summed E-state index contributed by atoms with van der Waals surface area (Å²) in [6.07, 6.45) is 5.22. The van der Waals surface area contributed by atoms with Gasteiger partial charge in [-0.05, 0) is 43.9 Å². The average molecular weight is 253 g/mol. The number of aliphatic carboxylic acids is 1. The number of carbonyl (C=O) groups is 1. The summed E-state index contributed by atoms with van der Waals surface area (Å²) in [4.78, 5) is 22.3. The van der Waals surface area contributed by atoms with E-state index in [-0.39, 0.29) is 29.6 Å². The van der Waals surface area contributed by atoms with E-state index in [1.165, 1.54) is 6.42 Å². The van der Waals surface area contributed by atoms with Crippen molar-refractivity contribution in [3.63, 3.8) is 0 Å². The van der Waals surface area contributed by atoms with Crippen LogP contribution in [0.3, 0.4) is 0 Å². The minimum atomic E-state index is -0.925. The van der Waals surface area contributed by atoms with E-state index in [1.807, 2.05) is 0 Å². The van der Waals surface area contributed by atoms with Gasteiger partial charge in [0.1, 0.15) is 0 Å². The fraction of sp³-hybridized carbons (Fsp3) is 0.923. The normalized spacial score (nSPS) is 45.1. The van der Waals surface area contributed by atoms with Gasteiger partial charge in [-0.1, -0.05) is 0 Å². The number of rotatable bonds is 4. The van der Waals surface area contributed by atoms with Crippen molar-refractivity contribution in [2.45, 2.75) is 50.5 Å². The molecule has 0 heterocycles. The molecule has 0 aromatic rings. The second kappa shape index (κ2) is 3.93. The Morgan fingerprint density at radius 3 is 2.06 bits per heavy atom. The van der Waals surface area contributed by atoms with Gasteiger partial charge in [-0.15, -0.1) is 0 Å². The zero-order valence-corrected chi connectivity index (χ0v) is 10.4. The molecule has 5 nitrogen and oxygen atoms in total. The minimum absolute atomic E-state index is 0.0662. The van der Waals surface area contributed by atoms with E-state index in [1.54, 1.807) is 0 Å². The van der Waals surface area contributed by atoms with E-state index >= 15 is 0 Å². The summed E-state index contributed by atoms with van der Waals surface area (Å²) in [5.74, 6) is 0.687. The molecule has 0 aromatic carbocycles. The molecule has 4 fully saturated rings. The third-order valence-corrected chi connectivity index (χ3v) is 5.63. The maximum atomic E-state index is 11.6. The first kappa shape index (κ1) is 11.9. The summed E-state index contributed by atoms with van der Waals surface area (Å²) in [5.41, 5.74) is -0.925. The summed E-state index contributed by atoms with van der Waals surface area (Å²) in [6, 6.07) is 0. The van der Waals surface area contributed by atoms with E-state index in [4.69, 9.17) is 5.11 Å². The van der Waals surface area contributed by atoms with Crippen molar-refractivity contribution >= 4 is 5.97 Å². The van der Waals surface area contributed by atoms with Gasteiger partial charge in [0.2, 0.25) is 5.54 Å². The molecule has 18 heavy (non-hydrogen) atoms. The van der Waals surface area contributed by atoms with Gasteiger partial charge in [0, 0.05) is 23.2 Å². The molecule has 4 aliphatic carbocycles. The van der Waals surface area contributed by atoms with E-state index in [9.17, 15) is 14.9 Å². The highest BCUT2D eigenvalue weighted by molar-refractivity contribution is 5.66. The van der Waals surface area contributed by atoms with Gasteiger partial charge in [-0.2, -0.15) is 0 Å². The Bertz CT molecular complexity index is 364. The first-order chi connectivity index (χ1) is 8.52. The fourth-order valence-corrected chi connectivity index (χ4v) is 5.11. The van der Waals surface area contributed by atoms with Gasteiger partial charge in [0.15, 0.2) is 0 Å². The maximum Gasteiger partial charge on any atom is 0.303 e. The molecule has 0 saturated heterocycles. The predicted molar refractivity (Wildman–Crippen MR) is 63.6 cm³/mol. The molecule has 0 aliphatic heterocycles. The predicted octanol–water partition coefficient (Wildman–Crippen LogP) is 2.32. The van der Waals surface area contributed by atoms with Crippen LogP contribution >= 0.6 is 0 Å². The summed E-state index contributed by atoms with van der Waals surface area (Å²) in [7, 11) is 0. The molecule has 0 spiro atoms. The van der Waals surface area contributed by atoms with Crippen molar-refractivity contribution in [1.82, 2.24) is 0 Å². The van der Waals surface area contributed by atoms with Crippen molar-refractivity contribution < 1.29 is 14.8 Å². The summed E-state index contributed by atoms with van der Waals surface area (Å²) in [5, 5.41) is 20.5. The fourth-order valence-electron chi connectivity index (χ4n) is 5.11. The first-order valence-electron chi connectivity index (χ1n) is 6.88. The Morgan fingerprint density at radius 2 is 1.67 bits per heavy atom. The third-order valence-electron chi connectivity index (χ3n) is 5.63. The highest BCUT2D eigenvalue weighted by Crippen LogP contribution is 2.60. The smallest absolute Gasteiger partial charge is 0.303 e. The summed E-state index contributed by atoms with van der Waals surface area (Å²) >= 11 is 0. The summed E-state index contributed by atoms with van der Waals surface area (Å²) < 4.78 is 0. The molecule has 100 valence electrons. The molecular weight excluding hydrogens is 234 g/mol. The van der Waals surface area contributed by atoms with E-state index < -0.39 is 11.5 Å². The molecule has 4 aliphatic rings. The lowest BCUT2D eigenvalue weighted by Gasteiger charge is -2.56. The van der Waals surface area contributed by atoms with Gasteiger partial charge in [0.05, 0.1) is 6.42 Å². The highest BCUT2D eigenvalue weighted by atomic mass is 16.6. The average Bonchev–Trinajstić information content (AvgIpc) is 2.26. The number of carboxylic acid groups (broad SMARTS) is 1. The second-order valence-electron chi connectivity index (χ2n) is 6.45. The third kappa shape index (κ3) is 1.56. The van der Waals surface area contributed by atoms with Gasteiger partial charge >= 0.3 is 5.97 Å². The molecule has 0 amide bonds. The molecule has 5 heteroatoms. The zero-order valence-electron chi connectivity index (χ0n) is 10.4. The monoisotopic (exact) mass is 253 g/mol. The van der Waals surface area contributed by atoms with Crippen molar-refractivity contribution in [2.75, 3.05) is 0 Å². The van der Waals surface area contributed by atoms with Gasteiger partial charge in [-0.3, -0.25) is 14.9 Å². The Balaban J connectivity index is 1.89. The standard InChI is InChI=1S/C13H19NO4/c15-12(16)1-2-13(14(17)18)10-4-8-3-9(6-10)7-11(13)5-8/h8-11H,1-7H2,(H,15,16). The van der Waals surface area contributed by atoms with E-state index in [0.29, 0.717) is 11.8 Å². The molecule has 0 aromatic heterocycles. The maximum absolute atomic E-state index is 11.6. The quantitative estimate of drug-likeness (QED) is 0.616. The topological polar surface area (TPSA) is 80.4 Å². The Hall–Kier alpha value is -1.13. The van der Waals surface area contributed by atoms with Crippen LogP contribution in [0.2, 0.25) is 0 Å². The lowest BCUT2D eigenvalue weighted by Crippen LogP contribution is -2.61. The van der Waals surface area contributed by atoms with Crippen LogP contribution in [0.5, 0.6) is 0 Å². The van der Waals surface area contributed by atoms with Crippen LogP contribution in [0.15, 0.2) is 0 Å². The Labute approximate surface area is 106 Å². The Morgan fingerprint density at radius 1 is 1.17 bits per heavy atom. The van der Waals surface area contributed by atoms with E-state index in [2.05, 4.69) is 0 Å². The van der Waals surface area contributed by atoms with Crippen molar-refractivity contribution in [2.24, 2.45) is 23.7 Å². The molecule has 4 saturated carbocycles. The molecule has 0 unspecified atom stereocenters.